The van der Waals surface area contributed by atoms with Crippen LogP contribution in [0.2, 0.25) is 0 Å². The number of nitrogens with one attached hydrogen (secondary N) is 4. The Balaban J connectivity index is 0.000000134. The molecular formula is C94H80N12O9. The fourth-order valence-corrected chi connectivity index (χ4v) is 13.1. The summed E-state index contributed by atoms with van der Waals surface area (Å²) in [6.45, 7) is 1.97. The molecule has 0 fully saturated rings. The third-order valence-electron chi connectivity index (χ3n) is 19.4. The molecule has 21 heteroatoms. The number of hydrogen-bond acceptors (Lipinski definition) is 13. The number of carbonyl (C=O) groups excluding carboxylic acids is 8. The number of ether oxygens (including phenoxy) is 1. The zero-order valence-electron chi connectivity index (χ0n) is 63.9. The zero-order chi connectivity index (χ0) is 80.5. The van der Waals surface area contributed by atoms with E-state index in [1.54, 1.807) is 189 Å². The monoisotopic (exact) mass is 1520 g/mol. The number of nitrogens with zero attached hydrogens (tertiary/aromatic N) is 8. The van der Waals surface area contributed by atoms with E-state index in [0.29, 0.717) is 96.3 Å². The van der Waals surface area contributed by atoms with Crippen LogP contribution in [-0.2, 0) is 53.9 Å². The maximum Gasteiger partial charge on any atom is 0.255 e. The number of amides is 4. The van der Waals surface area contributed by atoms with Gasteiger partial charge in [-0.1, -0.05) is 151 Å². The lowest BCUT2D eigenvalue weighted by Crippen LogP contribution is -2.16. The van der Waals surface area contributed by atoms with E-state index in [1.807, 2.05) is 175 Å². The summed E-state index contributed by atoms with van der Waals surface area (Å²) >= 11 is 0. The summed E-state index contributed by atoms with van der Waals surface area (Å²) in [6.07, 6.45) is 0.607. The molecule has 570 valence electrons. The highest BCUT2D eigenvalue weighted by Crippen LogP contribution is 2.27. The maximum absolute atomic E-state index is 13.0. The van der Waals surface area contributed by atoms with Gasteiger partial charge in [0.25, 0.3) is 23.6 Å². The molecule has 4 heterocycles. The lowest BCUT2D eigenvalue weighted by Gasteiger charge is -2.11. The standard InChI is InChI=1S/C24H21N3O3.C24H21N3O2.2C23H19N3O2/c1-27-21-10-6-5-9-20(21)25-23(27)15-22(28)18-7-3-4-8-19(18)26-24(29)16-11-13-17(30-2)14-12-16;1-16-11-13-17(14-12-16)24(29)26-19-8-4-3-7-18(19)22(28)15-23-25-20-9-5-6-10-21(20)27(23)2;2*1-26-20-14-8-7-13-19(20)24-22(26)15-21(27)17-11-5-6-12-18(17)25-23(28)16-9-3-2-4-10-16/h3-14H,15H2,1-2H3,(H,26,29);3-14H,15H2,1-2H3,(H,26,29);2*2-14H,15H2,1H3,(H,25,28). The second-order valence-electron chi connectivity index (χ2n) is 27.0. The number of Topliss-reactive ketones (excluding diaryl/α,β-unsaturated/α-hetero) is 4. The quantitative estimate of drug-likeness (QED) is 0.0488. The average Bonchev–Trinajstić information content (AvgIpc) is 1.70. The number of methoxy groups -OCH3 is 1. The molecule has 0 aliphatic carbocycles. The normalized spacial score (nSPS) is 10.8. The molecule has 4 aromatic heterocycles. The predicted molar refractivity (Wildman–Crippen MR) is 450 cm³/mol. The summed E-state index contributed by atoms with van der Waals surface area (Å²) in [5.41, 5.74) is 14.4. The molecule has 0 radical (unpaired) electrons. The van der Waals surface area contributed by atoms with Crippen molar-refractivity contribution in [2.75, 3.05) is 28.4 Å². The molecule has 21 nitrogen and oxygen atoms in total. The average molecular weight is 1520 g/mol. The Labute approximate surface area is 663 Å². The Hall–Kier alpha value is -15.1. The van der Waals surface area contributed by atoms with Crippen LogP contribution in [0.25, 0.3) is 44.1 Å². The summed E-state index contributed by atoms with van der Waals surface area (Å²) in [4.78, 5) is 121. The first kappa shape index (κ1) is 78.0. The van der Waals surface area contributed by atoms with Gasteiger partial charge in [-0.3, -0.25) is 38.4 Å². The smallest absolute Gasteiger partial charge is 0.255 e. The zero-order valence-corrected chi connectivity index (χ0v) is 63.9. The molecule has 115 heavy (non-hydrogen) atoms. The lowest BCUT2D eigenvalue weighted by atomic mass is 10.0. The fraction of sp³-hybridized carbons (Fsp3) is 0.106. The number of ketones is 4. The molecule has 0 bridgehead atoms. The van der Waals surface area contributed by atoms with Crippen LogP contribution in [0.15, 0.2) is 303 Å². The number of aryl methyl sites for hydroxylation is 5. The number of carbonyl (C=O) groups is 8. The van der Waals surface area contributed by atoms with Crippen molar-refractivity contribution in [1.82, 2.24) is 38.2 Å². The lowest BCUT2D eigenvalue weighted by molar-refractivity contribution is 0.0980. The van der Waals surface area contributed by atoms with Gasteiger partial charge < -0.3 is 44.3 Å². The van der Waals surface area contributed by atoms with Gasteiger partial charge in [-0.05, 0) is 165 Å². The Morgan fingerprint density at radius 3 is 0.739 bits per heavy atom. The summed E-state index contributed by atoms with van der Waals surface area (Å²) in [6, 6.07) is 91.3. The van der Waals surface area contributed by atoms with Crippen LogP contribution >= 0.6 is 0 Å². The minimum Gasteiger partial charge on any atom is -0.497 e. The van der Waals surface area contributed by atoms with Crippen molar-refractivity contribution < 1.29 is 43.1 Å². The number of imidazole rings is 4. The molecular weight excluding hydrogens is 1440 g/mol. The van der Waals surface area contributed by atoms with E-state index in [0.717, 1.165) is 49.7 Å². The predicted octanol–water partition coefficient (Wildman–Crippen LogP) is 17.3. The number of fused-ring (bicyclic) bond motifs is 4. The largest absolute Gasteiger partial charge is 0.497 e. The number of hydrogen-bond donors (Lipinski definition) is 4. The van der Waals surface area contributed by atoms with E-state index in [9.17, 15) is 38.4 Å². The van der Waals surface area contributed by atoms with E-state index in [-0.39, 0.29) is 72.4 Å². The number of aromatic nitrogens is 8. The molecule has 16 aromatic rings. The van der Waals surface area contributed by atoms with Gasteiger partial charge in [0.1, 0.15) is 29.0 Å². The van der Waals surface area contributed by atoms with Gasteiger partial charge in [-0.25, -0.2) is 19.9 Å². The van der Waals surface area contributed by atoms with Crippen LogP contribution in [0.1, 0.15) is 112 Å². The van der Waals surface area contributed by atoms with Crippen molar-refractivity contribution >= 4 is 114 Å². The number of benzene rings is 12. The SMILES string of the molecule is COc1ccc(C(=O)Nc2ccccc2C(=O)Cc2nc3ccccc3n2C)cc1.Cc1ccc(C(=O)Nc2ccccc2C(=O)Cc2nc3ccccc3n2C)cc1.Cn1c(CC(=O)c2ccccc2NC(=O)c2ccccc2)nc2ccccc21.Cn1c(CC(=O)c2ccccc2NC(=O)c2ccccc2)nc2ccccc21. The van der Waals surface area contributed by atoms with E-state index in [1.165, 1.54) is 0 Å². The topological polar surface area (TPSA) is 265 Å². The Bertz CT molecular complexity index is 6100. The summed E-state index contributed by atoms with van der Waals surface area (Å²) in [5, 5.41) is 11.4. The molecule has 0 spiro atoms. The van der Waals surface area contributed by atoms with Crippen LogP contribution in [-0.4, -0.2) is 92.1 Å². The minimum absolute atomic E-state index is 0.0942. The van der Waals surface area contributed by atoms with Crippen molar-refractivity contribution in [3.63, 3.8) is 0 Å². The van der Waals surface area contributed by atoms with Gasteiger partial charge in [0, 0.05) is 72.7 Å². The number of anilines is 4. The van der Waals surface area contributed by atoms with Crippen LogP contribution in [0, 0.1) is 6.92 Å². The molecule has 0 saturated carbocycles. The van der Waals surface area contributed by atoms with E-state index in [4.69, 9.17) is 4.74 Å². The first-order valence-electron chi connectivity index (χ1n) is 37.0. The van der Waals surface area contributed by atoms with Crippen molar-refractivity contribution in [2.45, 2.75) is 32.6 Å². The van der Waals surface area contributed by atoms with Crippen molar-refractivity contribution in [3.05, 3.63) is 377 Å². The molecule has 16 rings (SSSR count). The molecule has 0 aliphatic rings. The molecule has 4 amide bonds. The van der Waals surface area contributed by atoms with Gasteiger partial charge in [0.05, 0.1) is 99.7 Å². The summed E-state index contributed by atoms with van der Waals surface area (Å²) in [7, 11) is 9.18. The second-order valence-corrected chi connectivity index (χ2v) is 27.0. The third kappa shape index (κ3) is 18.7. The van der Waals surface area contributed by atoms with E-state index < -0.39 is 0 Å². The highest BCUT2D eigenvalue weighted by molar-refractivity contribution is 6.13. The van der Waals surface area contributed by atoms with Crippen LogP contribution in [0.5, 0.6) is 5.75 Å². The van der Waals surface area contributed by atoms with Crippen molar-refractivity contribution in [2.24, 2.45) is 28.2 Å². The third-order valence-corrected chi connectivity index (χ3v) is 19.4. The first-order chi connectivity index (χ1) is 55.8. The van der Waals surface area contributed by atoms with Gasteiger partial charge >= 0.3 is 0 Å². The minimum atomic E-state index is -0.291. The van der Waals surface area contributed by atoms with Gasteiger partial charge in [0.15, 0.2) is 23.1 Å². The Morgan fingerprint density at radius 2 is 0.487 bits per heavy atom. The molecule has 0 atom stereocenters. The van der Waals surface area contributed by atoms with Crippen LogP contribution < -0.4 is 26.0 Å². The maximum atomic E-state index is 13.0. The van der Waals surface area contributed by atoms with Gasteiger partial charge in [-0.2, -0.15) is 0 Å². The molecule has 4 N–H and O–H groups in total. The Morgan fingerprint density at radius 1 is 0.270 bits per heavy atom. The highest BCUT2D eigenvalue weighted by Gasteiger charge is 2.23. The van der Waals surface area contributed by atoms with Crippen LogP contribution in [0.4, 0.5) is 22.7 Å². The summed E-state index contributed by atoms with van der Waals surface area (Å²) in [5.74, 6) is 2.00. The van der Waals surface area contributed by atoms with Crippen molar-refractivity contribution in [1.29, 1.82) is 0 Å². The molecule has 0 saturated heterocycles. The highest BCUT2D eigenvalue weighted by atomic mass is 16.5. The van der Waals surface area contributed by atoms with Gasteiger partial charge in [-0.15, -0.1) is 0 Å². The molecule has 12 aromatic carbocycles. The second kappa shape index (κ2) is 36.2. The molecule has 0 aliphatic heterocycles. The first-order valence-corrected chi connectivity index (χ1v) is 37.0. The van der Waals surface area contributed by atoms with Crippen molar-refractivity contribution in [3.8, 4) is 5.75 Å². The Kier molecular flexibility index (Phi) is 24.5. The number of para-hydroxylation sites is 12. The van der Waals surface area contributed by atoms with Crippen LogP contribution in [0.3, 0.4) is 0 Å². The summed E-state index contributed by atoms with van der Waals surface area (Å²) < 4.78 is 12.8. The fourth-order valence-electron chi connectivity index (χ4n) is 13.1. The molecule has 0 unspecified atom stereocenters. The van der Waals surface area contributed by atoms with E-state index >= 15 is 0 Å². The van der Waals surface area contributed by atoms with E-state index in [2.05, 4.69) is 41.2 Å². The number of rotatable bonds is 21. The van der Waals surface area contributed by atoms with Gasteiger partial charge in [0.2, 0.25) is 0 Å².